The highest BCUT2D eigenvalue weighted by Gasteiger charge is 2.16. The molecule has 1 aromatic carbocycles. The predicted molar refractivity (Wildman–Crippen MR) is 85.8 cm³/mol. The first-order chi connectivity index (χ1) is 10.2. The van der Waals surface area contributed by atoms with Crippen LogP contribution in [0.2, 0.25) is 0 Å². The summed E-state index contributed by atoms with van der Waals surface area (Å²) < 4.78 is 1.58. The second-order valence-corrected chi connectivity index (χ2v) is 6.10. The van der Waals surface area contributed by atoms with E-state index in [0.717, 1.165) is 20.8 Å². The number of aromatic nitrogens is 2. The molecule has 0 spiro atoms. The summed E-state index contributed by atoms with van der Waals surface area (Å²) in [5.41, 5.74) is 1.99. The molecule has 0 saturated heterocycles. The van der Waals surface area contributed by atoms with Crippen LogP contribution in [0.5, 0.6) is 0 Å². The van der Waals surface area contributed by atoms with Crippen molar-refractivity contribution in [1.29, 1.82) is 0 Å². The summed E-state index contributed by atoms with van der Waals surface area (Å²) in [4.78, 5) is 19.0. The molecule has 2 aromatic heterocycles. The lowest BCUT2D eigenvalue weighted by Gasteiger charge is -2.05. The third-order valence-corrected chi connectivity index (χ3v) is 4.49. The molecule has 0 atom stereocenters. The summed E-state index contributed by atoms with van der Waals surface area (Å²) in [5.74, 6) is 0. The largest absolute Gasteiger partial charge is 0.396 e. The van der Waals surface area contributed by atoms with Crippen LogP contribution >= 0.6 is 11.3 Å². The zero-order valence-corrected chi connectivity index (χ0v) is 12.6. The SMILES string of the molecule is Cc1sc2ncn(CCCO)c(=O)c2c1-c1ccccc1. The summed E-state index contributed by atoms with van der Waals surface area (Å²) in [6.07, 6.45) is 2.13. The Bertz CT molecular complexity index is 821. The molecule has 0 aliphatic heterocycles. The Kier molecular flexibility index (Phi) is 3.86. The van der Waals surface area contributed by atoms with Gasteiger partial charge in [-0.1, -0.05) is 30.3 Å². The highest BCUT2D eigenvalue weighted by atomic mass is 32.1. The maximum Gasteiger partial charge on any atom is 0.262 e. The molecule has 108 valence electrons. The first-order valence-corrected chi connectivity index (χ1v) is 7.69. The van der Waals surface area contributed by atoms with Gasteiger partial charge >= 0.3 is 0 Å². The number of hydrogen-bond donors (Lipinski definition) is 1. The van der Waals surface area contributed by atoms with Gasteiger partial charge in [0.25, 0.3) is 5.56 Å². The molecule has 0 unspecified atom stereocenters. The van der Waals surface area contributed by atoms with E-state index in [4.69, 9.17) is 5.11 Å². The van der Waals surface area contributed by atoms with E-state index in [9.17, 15) is 4.79 Å². The van der Waals surface area contributed by atoms with Gasteiger partial charge in [-0.05, 0) is 18.9 Å². The molecule has 0 radical (unpaired) electrons. The first kappa shape index (κ1) is 14.0. The smallest absolute Gasteiger partial charge is 0.262 e. The first-order valence-electron chi connectivity index (χ1n) is 6.87. The van der Waals surface area contributed by atoms with Crippen molar-refractivity contribution in [2.24, 2.45) is 0 Å². The van der Waals surface area contributed by atoms with Crippen molar-refractivity contribution in [2.75, 3.05) is 6.61 Å². The van der Waals surface area contributed by atoms with Crippen LogP contribution in [0.3, 0.4) is 0 Å². The van der Waals surface area contributed by atoms with E-state index >= 15 is 0 Å². The molecule has 0 fully saturated rings. The Hall–Kier alpha value is -1.98. The topological polar surface area (TPSA) is 55.1 Å². The highest BCUT2D eigenvalue weighted by molar-refractivity contribution is 7.19. The van der Waals surface area contributed by atoms with Gasteiger partial charge in [0.1, 0.15) is 4.83 Å². The van der Waals surface area contributed by atoms with Gasteiger partial charge in [-0.2, -0.15) is 0 Å². The third-order valence-electron chi connectivity index (χ3n) is 3.47. The van der Waals surface area contributed by atoms with E-state index in [0.29, 0.717) is 18.4 Å². The van der Waals surface area contributed by atoms with Gasteiger partial charge in [-0.3, -0.25) is 9.36 Å². The molecule has 0 aliphatic carbocycles. The molecule has 2 heterocycles. The predicted octanol–water partition coefficient (Wildman–Crippen LogP) is 2.82. The van der Waals surface area contributed by atoms with Crippen LogP contribution in [0.1, 0.15) is 11.3 Å². The fourth-order valence-corrected chi connectivity index (χ4v) is 3.49. The molecule has 5 heteroatoms. The van der Waals surface area contributed by atoms with E-state index in [1.54, 1.807) is 22.2 Å². The molecule has 4 nitrogen and oxygen atoms in total. The average Bonchev–Trinajstić information content (AvgIpc) is 2.84. The minimum Gasteiger partial charge on any atom is -0.396 e. The van der Waals surface area contributed by atoms with Crippen LogP contribution in [0.15, 0.2) is 41.5 Å². The van der Waals surface area contributed by atoms with Gasteiger partial charge in [-0.15, -0.1) is 11.3 Å². The van der Waals surface area contributed by atoms with Crippen LogP contribution in [-0.4, -0.2) is 21.3 Å². The second-order valence-electron chi connectivity index (χ2n) is 4.90. The number of aryl methyl sites for hydroxylation is 2. The van der Waals surface area contributed by atoms with Crippen LogP contribution < -0.4 is 5.56 Å². The lowest BCUT2D eigenvalue weighted by Crippen LogP contribution is -2.20. The maximum atomic E-state index is 12.7. The number of aliphatic hydroxyl groups is 1. The molecule has 21 heavy (non-hydrogen) atoms. The zero-order valence-electron chi connectivity index (χ0n) is 11.7. The van der Waals surface area contributed by atoms with Crippen LogP contribution in [0.4, 0.5) is 0 Å². The molecule has 0 amide bonds. The van der Waals surface area contributed by atoms with Crippen LogP contribution in [-0.2, 0) is 6.54 Å². The van der Waals surface area contributed by atoms with Crippen LogP contribution in [0, 0.1) is 6.92 Å². The number of hydrogen-bond acceptors (Lipinski definition) is 4. The van der Waals surface area contributed by atoms with Gasteiger partial charge in [0.05, 0.1) is 11.7 Å². The van der Waals surface area contributed by atoms with Gasteiger partial charge in [-0.25, -0.2) is 4.98 Å². The maximum absolute atomic E-state index is 12.7. The fourth-order valence-electron chi connectivity index (χ4n) is 2.49. The van der Waals surface area contributed by atoms with E-state index in [2.05, 4.69) is 4.98 Å². The van der Waals surface area contributed by atoms with Crippen molar-refractivity contribution in [3.8, 4) is 11.1 Å². The van der Waals surface area contributed by atoms with E-state index in [1.807, 2.05) is 37.3 Å². The van der Waals surface area contributed by atoms with Gasteiger partial charge in [0, 0.05) is 23.6 Å². The van der Waals surface area contributed by atoms with E-state index in [1.165, 1.54) is 0 Å². The Morgan fingerprint density at radius 2 is 2.05 bits per heavy atom. The summed E-state index contributed by atoms with van der Waals surface area (Å²) >= 11 is 1.55. The Balaban J connectivity index is 2.25. The van der Waals surface area contributed by atoms with Gasteiger partial charge in [0.15, 0.2) is 0 Å². The van der Waals surface area contributed by atoms with Gasteiger partial charge < -0.3 is 5.11 Å². The number of benzene rings is 1. The summed E-state index contributed by atoms with van der Waals surface area (Å²) in [7, 11) is 0. The zero-order chi connectivity index (χ0) is 14.8. The average molecular weight is 300 g/mol. The standard InChI is InChI=1S/C16H16N2O2S/c1-11-13(12-6-3-2-4-7-12)14-15(21-11)17-10-18(16(14)20)8-5-9-19/h2-4,6-7,10,19H,5,8-9H2,1H3. The lowest BCUT2D eigenvalue weighted by atomic mass is 10.0. The molecular weight excluding hydrogens is 284 g/mol. The Labute approximate surface area is 126 Å². The summed E-state index contributed by atoms with van der Waals surface area (Å²) in [6.45, 7) is 2.58. The Morgan fingerprint density at radius 3 is 2.76 bits per heavy atom. The van der Waals surface area contributed by atoms with Crippen molar-refractivity contribution >= 4 is 21.6 Å². The molecule has 3 aromatic rings. The lowest BCUT2D eigenvalue weighted by molar-refractivity contribution is 0.279. The number of aliphatic hydroxyl groups excluding tert-OH is 1. The van der Waals surface area contributed by atoms with Crippen molar-refractivity contribution in [3.05, 3.63) is 51.9 Å². The monoisotopic (exact) mass is 300 g/mol. The quantitative estimate of drug-likeness (QED) is 0.806. The van der Waals surface area contributed by atoms with E-state index in [-0.39, 0.29) is 12.2 Å². The third kappa shape index (κ3) is 2.50. The molecule has 1 N–H and O–H groups in total. The normalized spacial score (nSPS) is 11.1. The van der Waals surface area contributed by atoms with Gasteiger partial charge in [0.2, 0.25) is 0 Å². The fraction of sp³-hybridized carbons (Fsp3) is 0.250. The van der Waals surface area contributed by atoms with Crippen molar-refractivity contribution in [2.45, 2.75) is 19.9 Å². The number of nitrogens with zero attached hydrogens (tertiary/aromatic N) is 2. The highest BCUT2D eigenvalue weighted by Crippen LogP contribution is 2.35. The molecule has 0 aliphatic rings. The van der Waals surface area contributed by atoms with Crippen molar-refractivity contribution in [1.82, 2.24) is 9.55 Å². The molecular formula is C16H16N2O2S. The molecule has 3 rings (SSSR count). The summed E-state index contributed by atoms with van der Waals surface area (Å²) in [6, 6.07) is 9.93. The molecule has 0 bridgehead atoms. The second kappa shape index (κ2) is 5.79. The van der Waals surface area contributed by atoms with Crippen molar-refractivity contribution < 1.29 is 5.11 Å². The summed E-state index contributed by atoms with van der Waals surface area (Å²) in [5, 5.41) is 9.62. The number of thiophene rings is 1. The Morgan fingerprint density at radius 1 is 1.29 bits per heavy atom. The number of rotatable bonds is 4. The number of fused-ring (bicyclic) bond motifs is 1. The molecule has 0 saturated carbocycles. The van der Waals surface area contributed by atoms with Crippen molar-refractivity contribution in [3.63, 3.8) is 0 Å². The minimum atomic E-state index is -0.0309. The van der Waals surface area contributed by atoms with Crippen LogP contribution in [0.25, 0.3) is 21.3 Å². The minimum absolute atomic E-state index is 0.0309. The van der Waals surface area contributed by atoms with E-state index < -0.39 is 0 Å².